The molecule has 7 nitrogen and oxygen atoms in total. The average Bonchev–Trinajstić information content (AvgIpc) is 3.07. The van der Waals surface area contributed by atoms with E-state index in [-0.39, 0.29) is 29.2 Å². The number of nitrogens with one attached hydrogen (secondary N) is 1. The van der Waals surface area contributed by atoms with Crippen LogP contribution in [0.1, 0.15) is 30.6 Å². The summed E-state index contributed by atoms with van der Waals surface area (Å²) in [5.41, 5.74) is 1.68. The molecule has 0 spiro atoms. The van der Waals surface area contributed by atoms with Crippen LogP contribution in [0, 0.1) is 11.8 Å². The second-order valence-electron chi connectivity index (χ2n) is 7.41. The third kappa shape index (κ3) is 5.13. The molecule has 1 aliphatic heterocycles. The van der Waals surface area contributed by atoms with Crippen LogP contribution in [0.15, 0.2) is 48.5 Å². The number of aromatic carboxylic acids is 1. The molecule has 2 amide bonds. The van der Waals surface area contributed by atoms with Gasteiger partial charge in [-0.2, -0.15) is 0 Å². The van der Waals surface area contributed by atoms with Gasteiger partial charge in [0.1, 0.15) is 5.75 Å². The van der Waals surface area contributed by atoms with Gasteiger partial charge in [0.25, 0.3) is 0 Å². The highest BCUT2D eigenvalue weighted by molar-refractivity contribution is 5.96. The van der Waals surface area contributed by atoms with Gasteiger partial charge in [-0.1, -0.05) is 13.8 Å². The number of carbonyl (C=O) groups is 3. The molecule has 1 heterocycles. The number of hydrogen-bond acceptors (Lipinski definition) is 4. The molecule has 1 fully saturated rings. The summed E-state index contributed by atoms with van der Waals surface area (Å²) in [5, 5.41) is 11.8. The van der Waals surface area contributed by atoms with Crippen molar-refractivity contribution in [3.63, 3.8) is 0 Å². The van der Waals surface area contributed by atoms with Crippen LogP contribution >= 0.6 is 0 Å². The second kappa shape index (κ2) is 8.77. The number of amides is 2. The van der Waals surface area contributed by atoms with Gasteiger partial charge in [-0.3, -0.25) is 9.59 Å². The molecule has 2 aromatic rings. The molecule has 3 rings (SSSR count). The van der Waals surface area contributed by atoms with Gasteiger partial charge in [0.05, 0.1) is 12.2 Å². The van der Waals surface area contributed by atoms with E-state index >= 15 is 0 Å². The van der Waals surface area contributed by atoms with Crippen LogP contribution in [0.3, 0.4) is 0 Å². The molecule has 0 aliphatic carbocycles. The Morgan fingerprint density at radius 1 is 1.14 bits per heavy atom. The summed E-state index contributed by atoms with van der Waals surface area (Å²) >= 11 is 0. The van der Waals surface area contributed by atoms with Crippen LogP contribution in [0.25, 0.3) is 0 Å². The van der Waals surface area contributed by atoms with Gasteiger partial charge in [0.15, 0.2) is 0 Å². The van der Waals surface area contributed by atoms with Crippen LogP contribution in [0.4, 0.5) is 11.4 Å². The first kappa shape index (κ1) is 20.4. The number of carboxylic acid groups (broad SMARTS) is 1. The zero-order valence-electron chi connectivity index (χ0n) is 16.4. The summed E-state index contributed by atoms with van der Waals surface area (Å²) in [6.45, 7) is 4.57. The van der Waals surface area contributed by atoms with Gasteiger partial charge in [0, 0.05) is 36.2 Å². The predicted octanol–water partition coefficient (Wildman–Crippen LogP) is 3.41. The first-order valence-corrected chi connectivity index (χ1v) is 9.51. The van der Waals surface area contributed by atoms with Gasteiger partial charge in [-0.05, 0) is 48.5 Å². The van der Waals surface area contributed by atoms with Crippen molar-refractivity contribution in [2.75, 3.05) is 23.4 Å². The molecule has 0 aromatic heterocycles. The van der Waals surface area contributed by atoms with Crippen LogP contribution in [-0.2, 0) is 9.59 Å². The maximum atomic E-state index is 12.4. The topological polar surface area (TPSA) is 95.9 Å². The third-order valence-electron chi connectivity index (χ3n) is 4.76. The van der Waals surface area contributed by atoms with Gasteiger partial charge < -0.3 is 20.1 Å². The summed E-state index contributed by atoms with van der Waals surface area (Å²) < 4.78 is 5.72. The molecule has 0 bridgehead atoms. The van der Waals surface area contributed by atoms with Crippen molar-refractivity contribution in [1.82, 2.24) is 0 Å². The summed E-state index contributed by atoms with van der Waals surface area (Å²) in [6.07, 6.45) is 0.388. The van der Waals surface area contributed by atoms with E-state index in [1.807, 2.05) is 26.0 Å². The number of benzene rings is 2. The predicted molar refractivity (Wildman–Crippen MR) is 109 cm³/mol. The number of anilines is 2. The molecular formula is C22H24N2O5. The molecule has 2 aromatic carbocycles. The van der Waals surface area contributed by atoms with E-state index < -0.39 is 5.97 Å². The van der Waals surface area contributed by atoms with E-state index in [9.17, 15) is 14.4 Å². The SMILES string of the molecule is CC(C)C(=O)Nc1ccc(N2CC(COc3ccc(C(=O)O)cc3)CC2=O)cc1. The second-order valence-corrected chi connectivity index (χ2v) is 7.41. The number of rotatable bonds is 7. The van der Waals surface area contributed by atoms with Crippen LogP contribution in [-0.4, -0.2) is 36.0 Å². The van der Waals surface area contributed by atoms with Crippen molar-refractivity contribution >= 4 is 29.2 Å². The minimum Gasteiger partial charge on any atom is -0.493 e. The van der Waals surface area contributed by atoms with Gasteiger partial charge in [-0.15, -0.1) is 0 Å². The van der Waals surface area contributed by atoms with Crippen molar-refractivity contribution in [2.45, 2.75) is 20.3 Å². The molecule has 2 N–H and O–H groups in total. The first-order valence-electron chi connectivity index (χ1n) is 9.51. The fourth-order valence-electron chi connectivity index (χ4n) is 3.06. The summed E-state index contributed by atoms with van der Waals surface area (Å²) in [7, 11) is 0. The maximum absolute atomic E-state index is 12.4. The Labute approximate surface area is 169 Å². The van der Waals surface area contributed by atoms with E-state index in [2.05, 4.69) is 5.32 Å². The van der Waals surface area contributed by atoms with Gasteiger partial charge in [-0.25, -0.2) is 4.79 Å². The molecule has 0 radical (unpaired) electrons. The lowest BCUT2D eigenvalue weighted by Crippen LogP contribution is -2.25. The summed E-state index contributed by atoms with van der Waals surface area (Å²) in [5.74, 6) is -0.491. The number of nitrogens with zero attached hydrogens (tertiary/aromatic N) is 1. The van der Waals surface area contributed by atoms with E-state index in [0.29, 0.717) is 31.0 Å². The van der Waals surface area contributed by atoms with Crippen LogP contribution in [0.5, 0.6) is 5.75 Å². The van der Waals surface area contributed by atoms with Crippen molar-refractivity contribution in [2.24, 2.45) is 11.8 Å². The number of carbonyl (C=O) groups excluding carboxylic acids is 2. The van der Waals surface area contributed by atoms with E-state index in [1.54, 1.807) is 29.2 Å². The normalized spacial score (nSPS) is 16.2. The van der Waals surface area contributed by atoms with E-state index in [0.717, 1.165) is 5.69 Å². The quantitative estimate of drug-likeness (QED) is 0.748. The Kier molecular flexibility index (Phi) is 6.16. The smallest absolute Gasteiger partial charge is 0.335 e. The Morgan fingerprint density at radius 3 is 2.38 bits per heavy atom. The Morgan fingerprint density at radius 2 is 1.79 bits per heavy atom. The highest BCUT2D eigenvalue weighted by Gasteiger charge is 2.31. The molecular weight excluding hydrogens is 372 g/mol. The molecule has 1 saturated heterocycles. The summed E-state index contributed by atoms with van der Waals surface area (Å²) in [4.78, 5) is 36.8. The van der Waals surface area contributed by atoms with Crippen LogP contribution < -0.4 is 15.0 Å². The largest absolute Gasteiger partial charge is 0.493 e. The molecule has 0 saturated carbocycles. The molecule has 7 heteroatoms. The van der Waals surface area contributed by atoms with Gasteiger partial charge in [0.2, 0.25) is 11.8 Å². The zero-order chi connectivity index (χ0) is 21.0. The number of ether oxygens (including phenoxy) is 1. The molecule has 29 heavy (non-hydrogen) atoms. The van der Waals surface area contributed by atoms with E-state index in [1.165, 1.54) is 12.1 Å². The molecule has 1 aliphatic rings. The highest BCUT2D eigenvalue weighted by atomic mass is 16.5. The van der Waals surface area contributed by atoms with Gasteiger partial charge >= 0.3 is 5.97 Å². The number of carboxylic acids is 1. The lowest BCUT2D eigenvalue weighted by Gasteiger charge is -2.18. The van der Waals surface area contributed by atoms with Crippen molar-refractivity contribution in [3.05, 3.63) is 54.1 Å². The lowest BCUT2D eigenvalue weighted by molar-refractivity contribution is -0.119. The van der Waals surface area contributed by atoms with E-state index in [4.69, 9.17) is 9.84 Å². The minimum absolute atomic E-state index is 0.0267. The first-order chi connectivity index (χ1) is 13.8. The Hall–Kier alpha value is -3.35. The van der Waals surface area contributed by atoms with Crippen molar-refractivity contribution in [3.8, 4) is 5.75 Å². The number of hydrogen-bond donors (Lipinski definition) is 2. The Balaban J connectivity index is 1.55. The maximum Gasteiger partial charge on any atom is 0.335 e. The van der Waals surface area contributed by atoms with Crippen LogP contribution in [0.2, 0.25) is 0 Å². The average molecular weight is 396 g/mol. The monoisotopic (exact) mass is 396 g/mol. The molecule has 1 atom stereocenters. The standard InChI is InChI=1S/C22H24N2O5/c1-14(2)21(26)23-17-5-7-18(8-6-17)24-12-15(11-20(24)25)13-29-19-9-3-16(4-10-19)22(27)28/h3-10,14-15H,11-13H2,1-2H3,(H,23,26)(H,27,28). The summed E-state index contributed by atoms with van der Waals surface area (Å²) in [6, 6.07) is 13.4. The third-order valence-corrected chi connectivity index (χ3v) is 4.76. The highest BCUT2D eigenvalue weighted by Crippen LogP contribution is 2.27. The molecule has 1 unspecified atom stereocenters. The van der Waals surface area contributed by atoms with Crippen molar-refractivity contribution < 1.29 is 24.2 Å². The zero-order valence-corrected chi connectivity index (χ0v) is 16.4. The lowest BCUT2D eigenvalue weighted by atomic mass is 10.1. The molecule has 152 valence electrons. The Bertz CT molecular complexity index is 890. The minimum atomic E-state index is -0.983. The fourth-order valence-corrected chi connectivity index (χ4v) is 3.06. The fraction of sp³-hybridized carbons (Fsp3) is 0.318. The van der Waals surface area contributed by atoms with Crippen molar-refractivity contribution in [1.29, 1.82) is 0 Å².